The van der Waals surface area contributed by atoms with Crippen LogP contribution in [0.15, 0.2) is 0 Å². The molecule has 0 spiro atoms. The van der Waals surface area contributed by atoms with Gasteiger partial charge in [-0.25, -0.2) is 4.79 Å². The smallest absolute Gasteiger partial charge is 0.326 e. The van der Waals surface area contributed by atoms with Crippen LogP contribution in [-0.2, 0) is 9.59 Å². The highest BCUT2D eigenvalue weighted by atomic mass is 16.4. The first kappa shape index (κ1) is 12.4. The van der Waals surface area contributed by atoms with Crippen molar-refractivity contribution in [3.05, 3.63) is 0 Å². The third-order valence-corrected chi connectivity index (χ3v) is 3.76. The Morgan fingerprint density at radius 3 is 2.53 bits per heavy atom. The molecule has 0 unspecified atom stereocenters. The van der Waals surface area contributed by atoms with E-state index in [1.807, 2.05) is 0 Å². The Bertz CT molecular complexity index is 300. The molecule has 0 aromatic rings. The number of aliphatic carboxylic acids is 1. The zero-order chi connectivity index (χ0) is 12.3. The molecule has 1 saturated carbocycles. The van der Waals surface area contributed by atoms with E-state index in [0.29, 0.717) is 19.0 Å². The van der Waals surface area contributed by atoms with Gasteiger partial charge >= 0.3 is 5.97 Å². The average Bonchev–Trinajstić information content (AvgIpc) is 2.96. The number of nitrogens with one attached hydrogen (secondary N) is 1. The maximum absolute atomic E-state index is 11.9. The third-order valence-electron chi connectivity index (χ3n) is 3.76. The Morgan fingerprint density at radius 2 is 1.88 bits per heavy atom. The molecule has 1 amide bonds. The molecule has 2 rings (SSSR count). The Hall–Kier alpha value is -1.10. The van der Waals surface area contributed by atoms with Crippen LogP contribution in [0.25, 0.3) is 0 Å². The molecule has 2 aliphatic rings. The zero-order valence-electron chi connectivity index (χ0n) is 10.0. The Balaban J connectivity index is 1.80. The summed E-state index contributed by atoms with van der Waals surface area (Å²) in [5.74, 6) is -0.946. The van der Waals surface area contributed by atoms with E-state index < -0.39 is 12.0 Å². The number of carbonyl (C=O) groups is 2. The van der Waals surface area contributed by atoms with Gasteiger partial charge in [0.25, 0.3) is 0 Å². The van der Waals surface area contributed by atoms with Gasteiger partial charge in [-0.05, 0) is 25.7 Å². The van der Waals surface area contributed by atoms with Crippen LogP contribution >= 0.6 is 0 Å². The average molecular weight is 240 g/mol. The molecule has 96 valence electrons. The molecule has 1 atom stereocenters. The van der Waals surface area contributed by atoms with Crippen molar-refractivity contribution in [2.75, 3.05) is 13.1 Å². The number of rotatable bonds is 4. The van der Waals surface area contributed by atoms with Crippen LogP contribution in [0, 0.1) is 0 Å². The lowest BCUT2D eigenvalue weighted by Gasteiger charge is -2.22. The maximum atomic E-state index is 11.9. The summed E-state index contributed by atoms with van der Waals surface area (Å²) in [5.41, 5.74) is 0. The fraction of sp³-hybridized carbons (Fsp3) is 0.833. The monoisotopic (exact) mass is 240 g/mol. The minimum atomic E-state index is -0.878. The summed E-state index contributed by atoms with van der Waals surface area (Å²) < 4.78 is 0. The van der Waals surface area contributed by atoms with Crippen molar-refractivity contribution in [1.82, 2.24) is 10.2 Å². The SMILES string of the molecule is O=C(O)[C@@H]1CCCN1C(=O)CNC1CCCC1. The first-order chi connectivity index (χ1) is 8.18. The Labute approximate surface area is 101 Å². The summed E-state index contributed by atoms with van der Waals surface area (Å²) in [5, 5.41) is 12.2. The second-order valence-electron chi connectivity index (χ2n) is 4.95. The fourth-order valence-electron chi connectivity index (χ4n) is 2.79. The highest BCUT2D eigenvalue weighted by molar-refractivity contribution is 5.85. The fourth-order valence-corrected chi connectivity index (χ4v) is 2.79. The molecule has 5 nitrogen and oxygen atoms in total. The van der Waals surface area contributed by atoms with Crippen LogP contribution in [0.4, 0.5) is 0 Å². The van der Waals surface area contributed by atoms with E-state index in [4.69, 9.17) is 5.11 Å². The van der Waals surface area contributed by atoms with Crippen LogP contribution in [0.1, 0.15) is 38.5 Å². The van der Waals surface area contributed by atoms with Crippen molar-refractivity contribution in [3.8, 4) is 0 Å². The highest BCUT2D eigenvalue weighted by Crippen LogP contribution is 2.19. The quantitative estimate of drug-likeness (QED) is 0.754. The molecule has 0 aromatic carbocycles. The van der Waals surface area contributed by atoms with Gasteiger partial charge in [-0.3, -0.25) is 4.79 Å². The van der Waals surface area contributed by atoms with E-state index in [2.05, 4.69) is 5.32 Å². The standard InChI is InChI=1S/C12H20N2O3/c15-11(8-13-9-4-1-2-5-9)14-7-3-6-10(14)12(16)17/h9-10,13H,1-8H2,(H,16,17)/t10-/m0/s1. The summed E-state index contributed by atoms with van der Waals surface area (Å²) >= 11 is 0. The number of nitrogens with zero attached hydrogens (tertiary/aromatic N) is 1. The lowest BCUT2D eigenvalue weighted by molar-refractivity contribution is -0.147. The number of carboxylic acids is 1. The van der Waals surface area contributed by atoms with Gasteiger partial charge in [0.05, 0.1) is 6.54 Å². The van der Waals surface area contributed by atoms with Crippen molar-refractivity contribution in [1.29, 1.82) is 0 Å². The minimum absolute atomic E-state index is 0.0678. The molecular weight excluding hydrogens is 220 g/mol. The van der Waals surface area contributed by atoms with E-state index >= 15 is 0 Å². The predicted octanol–water partition coefficient (Wildman–Crippen LogP) is 0.594. The molecule has 0 bridgehead atoms. The zero-order valence-corrected chi connectivity index (χ0v) is 10.0. The summed E-state index contributed by atoms with van der Waals surface area (Å²) in [6.45, 7) is 0.872. The first-order valence-electron chi connectivity index (χ1n) is 6.44. The van der Waals surface area contributed by atoms with Gasteiger partial charge < -0.3 is 15.3 Å². The summed E-state index contributed by atoms with van der Waals surface area (Å²) in [6.07, 6.45) is 6.11. The number of amides is 1. The molecule has 2 N–H and O–H groups in total. The van der Waals surface area contributed by atoms with Gasteiger partial charge in [0.1, 0.15) is 6.04 Å². The lowest BCUT2D eigenvalue weighted by Crippen LogP contribution is -2.45. The van der Waals surface area contributed by atoms with Crippen molar-refractivity contribution in [3.63, 3.8) is 0 Å². The van der Waals surface area contributed by atoms with Gasteiger partial charge in [-0.2, -0.15) is 0 Å². The summed E-state index contributed by atoms with van der Waals surface area (Å²) in [7, 11) is 0. The largest absolute Gasteiger partial charge is 0.480 e. The number of likely N-dealkylation sites (tertiary alicyclic amines) is 1. The Kier molecular flexibility index (Phi) is 3.99. The molecule has 1 aliphatic carbocycles. The van der Waals surface area contributed by atoms with Gasteiger partial charge in [0, 0.05) is 12.6 Å². The number of carbonyl (C=O) groups excluding carboxylic acids is 1. The third kappa shape index (κ3) is 2.97. The molecule has 1 aliphatic heterocycles. The van der Waals surface area contributed by atoms with Crippen LogP contribution in [-0.4, -0.2) is 47.1 Å². The number of hydrogen-bond donors (Lipinski definition) is 2. The predicted molar refractivity (Wildman–Crippen MR) is 62.6 cm³/mol. The molecular formula is C12H20N2O3. The van der Waals surface area contributed by atoms with Gasteiger partial charge in [0.15, 0.2) is 0 Å². The van der Waals surface area contributed by atoms with E-state index in [1.54, 1.807) is 0 Å². The van der Waals surface area contributed by atoms with E-state index in [1.165, 1.54) is 17.7 Å². The van der Waals surface area contributed by atoms with E-state index in [0.717, 1.165) is 19.3 Å². The summed E-state index contributed by atoms with van der Waals surface area (Å²) in [6, 6.07) is -0.155. The van der Waals surface area contributed by atoms with Crippen molar-refractivity contribution >= 4 is 11.9 Å². The van der Waals surface area contributed by atoms with Crippen molar-refractivity contribution in [2.24, 2.45) is 0 Å². The summed E-state index contributed by atoms with van der Waals surface area (Å²) in [4.78, 5) is 24.4. The van der Waals surface area contributed by atoms with Crippen LogP contribution in [0.3, 0.4) is 0 Å². The van der Waals surface area contributed by atoms with E-state index in [-0.39, 0.29) is 12.5 Å². The second-order valence-corrected chi connectivity index (χ2v) is 4.95. The minimum Gasteiger partial charge on any atom is -0.480 e. The van der Waals surface area contributed by atoms with Crippen molar-refractivity contribution in [2.45, 2.75) is 50.6 Å². The second kappa shape index (κ2) is 5.49. The van der Waals surface area contributed by atoms with Crippen LogP contribution in [0.2, 0.25) is 0 Å². The molecule has 0 radical (unpaired) electrons. The topological polar surface area (TPSA) is 69.6 Å². The molecule has 0 aromatic heterocycles. The molecule has 5 heteroatoms. The van der Waals surface area contributed by atoms with E-state index in [9.17, 15) is 9.59 Å². The molecule has 1 heterocycles. The molecule has 2 fully saturated rings. The maximum Gasteiger partial charge on any atom is 0.326 e. The van der Waals surface area contributed by atoms with Crippen LogP contribution in [0.5, 0.6) is 0 Å². The van der Waals surface area contributed by atoms with Gasteiger partial charge in [0.2, 0.25) is 5.91 Å². The van der Waals surface area contributed by atoms with Gasteiger partial charge in [-0.1, -0.05) is 12.8 Å². The Morgan fingerprint density at radius 1 is 1.18 bits per heavy atom. The van der Waals surface area contributed by atoms with Gasteiger partial charge in [-0.15, -0.1) is 0 Å². The lowest BCUT2D eigenvalue weighted by atomic mass is 10.2. The molecule has 1 saturated heterocycles. The molecule has 17 heavy (non-hydrogen) atoms. The highest BCUT2D eigenvalue weighted by Gasteiger charge is 2.33. The first-order valence-corrected chi connectivity index (χ1v) is 6.44. The van der Waals surface area contributed by atoms with Crippen LogP contribution < -0.4 is 5.32 Å². The number of hydrogen-bond acceptors (Lipinski definition) is 3. The van der Waals surface area contributed by atoms with Crippen molar-refractivity contribution < 1.29 is 14.7 Å². The number of carboxylic acid groups (broad SMARTS) is 1. The normalized spacial score (nSPS) is 25.4.